The van der Waals surface area contributed by atoms with Crippen LogP contribution in [0.1, 0.15) is 91.5 Å². The predicted octanol–water partition coefficient (Wildman–Crippen LogP) is 8.17. The average Bonchev–Trinajstić information content (AvgIpc) is 2.75. The fourth-order valence-electron chi connectivity index (χ4n) is 5.17. The molecule has 0 heterocycles. The van der Waals surface area contributed by atoms with Crippen molar-refractivity contribution in [3.05, 3.63) is 41.5 Å². The number of nitrogens with zero attached hydrogens (tertiary/aromatic N) is 2. The molecule has 176 valence electrons. The zero-order valence-corrected chi connectivity index (χ0v) is 21.3. The van der Waals surface area contributed by atoms with E-state index in [9.17, 15) is 0 Å². The highest BCUT2D eigenvalue weighted by Crippen LogP contribution is 2.47. The first kappa shape index (κ1) is 26.0. The van der Waals surface area contributed by atoms with Crippen molar-refractivity contribution in [1.29, 1.82) is 5.26 Å². The van der Waals surface area contributed by atoms with E-state index in [0.717, 1.165) is 43.7 Å². The van der Waals surface area contributed by atoms with E-state index in [0.29, 0.717) is 6.42 Å². The summed E-state index contributed by atoms with van der Waals surface area (Å²) in [6.45, 7) is 13.7. The maximum absolute atomic E-state index is 9.07. The van der Waals surface area contributed by atoms with E-state index in [1.807, 2.05) is 0 Å². The van der Waals surface area contributed by atoms with E-state index in [2.05, 4.69) is 82.0 Å². The number of nitriles is 1. The van der Waals surface area contributed by atoms with Gasteiger partial charge in [-0.2, -0.15) is 5.26 Å². The molecule has 0 bridgehead atoms. The molecule has 0 fully saturated rings. The van der Waals surface area contributed by atoms with Gasteiger partial charge in [-0.25, -0.2) is 0 Å². The molecule has 32 heavy (non-hydrogen) atoms. The summed E-state index contributed by atoms with van der Waals surface area (Å²) in [5, 5.41) is 9.07. The van der Waals surface area contributed by atoms with Crippen LogP contribution < -0.4 is 9.64 Å². The van der Waals surface area contributed by atoms with Crippen LogP contribution >= 0.6 is 0 Å². The molecule has 1 aliphatic rings. The Hall–Kier alpha value is -2.21. The van der Waals surface area contributed by atoms with Crippen LogP contribution in [0.5, 0.6) is 5.75 Å². The summed E-state index contributed by atoms with van der Waals surface area (Å²) in [6.07, 6.45) is 15.4. The lowest BCUT2D eigenvalue weighted by Gasteiger charge is -2.40. The molecular formula is C29H44N2O. The first-order chi connectivity index (χ1) is 15.3. The molecule has 1 aliphatic carbocycles. The van der Waals surface area contributed by atoms with Gasteiger partial charge < -0.3 is 9.64 Å². The smallest absolute Gasteiger partial charge is 0.128 e. The van der Waals surface area contributed by atoms with Crippen LogP contribution in [-0.4, -0.2) is 20.2 Å². The number of rotatable bonds is 12. The molecule has 0 saturated heterocycles. The third-order valence-electron chi connectivity index (χ3n) is 6.53. The molecule has 0 N–H and O–H groups in total. The molecule has 0 amide bonds. The van der Waals surface area contributed by atoms with Gasteiger partial charge in [0.05, 0.1) is 13.2 Å². The number of ether oxygens (including phenoxy) is 1. The second kappa shape index (κ2) is 12.1. The van der Waals surface area contributed by atoms with Crippen molar-refractivity contribution in [2.45, 2.75) is 86.0 Å². The molecule has 0 aromatic heterocycles. The maximum Gasteiger partial charge on any atom is 0.128 e. The lowest BCUT2D eigenvalue weighted by molar-refractivity contribution is 0.192. The lowest BCUT2D eigenvalue weighted by atomic mass is 9.64. The Morgan fingerprint density at radius 3 is 2.38 bits per heavy atom. The van der Waals surface area contributed by atoms with Crippen molar-refractivity contribution in [2.75, 3.05) is 25.1 Å². The zero-order valence-electron chi connectivity index (χ0n) is 21.3. The van der Waals surface area contributed by atoms with Crippen molar-refractivity contribution in [2.24, 2.45) is 10.8 Å². The standard InChI is InChI=1S/C29H44N2O/c1-7-9-18-31(19-10-8-2)26-15-14-25(27(20-26)32-6)13-12-24-21-28(3,4)23-29(5,22-24)16-11-17-30/h12-15,20,22H,7-11,16,18-19,21,23H2,1-6H3/b13-12+. The number of allylic oxidation sites excluding steroid dienone is 3. The first-order valence-electron chi connectivity index (χ1n) is 12.5. The van der Waals surface area contributed by atoms with E-state index in [4.69, 9.17) is 10.00 Å². The number of anilines is 1. The van der Waals surface area contributed by atoms with Crippen LogP contribution in [0.4, 0.5) is 5.69 Å². The van der Waals surface area contributed by atoms with Crippen molar-refractivity contribution in [3.63, 3.8) is 0 Å². The molecule has 1 unspecified atom stereocenters. The van der Waals surface area contributed by atoms with Crippen LogP contribution in [0, 0.1) is 22.2 Å². The Kier molecular flexibility index (Phi) is 9.88. The van der Waals surface area contributed by atoms with Crippen molar-refractivity contribution >= 4 is 11.8 Å². The van der Waals surface area contributed by atoms with Gasteiger partial charge in [0.2, 0.25) is 0 Å². The Morgan fingerprint density at radius 2 is 1.78 bits per heavy atom. The summed E-state index contributed by atoms with van der Waals surface area (Å²) in [7, 11) is 1.76. The van der Waals surface area contributed by atoms with E-state index in [-0.39, 0.29) is 10.8 Å². The van der Waals surface area contributed by atoms with Crippen LogP contribution in [-0.2, 0) is 0 Å². The summed E-state index contributed by atoms with van der Waals surface area (Å²) >= 11 is 0. The Bertz CT molecular complexity index is 822. The van der Waals surface area contributed by atoms with Crippen LogP contribution in [0.25, 0.3) is 6.08 Å². The summed E-state index contributed by atoms with van der Waals surface area (Å²) in [5.74, 6) is 0.930. The second-order valence-electron chi connectivity index (χ2n) is 10.5. The van der Waals surface area contributed by atoms with Gasteiger partial charge in [-0.15, -0.1) is 0 Å². The third-order valence-corrected chi connectivity index (χ3v) is 6.53. The van der Waals surface area contributed by atoms with Gasteiger partial charge in [0.1, 0.15) is 5.75 Å². The van der Waals surface area contributed by atoms with Gasteiger partial charge in [-0.1, -0.05) is 71.3 Å². The van der Waals surface area contributed by atoms with Crippen molar-refractivity contribution in [1.82, 2.24) is 0 Å². The highest BCUT2D eigenvalue weighted by atomic mass is 16.5. The Morgan fingerprint density at radius 1 is 1.09 bits per heavy atom. The predicted molar refractivity (Wildman–Crippen MR) is 138 cm³/mol. The van der Waals surface area contributed by atoms with Crippen LogP contribution in [0.2, 0.25) is 0 Å². The van der Waals surface area contributed by atoms with E-state index >= 15 is 0 Å². The van der Waals surface area contributed by atoms with Crippen LogP contribution in [0.3, 0.4) is 0 Å². The topological polar surface area (TPSA) is 36.3 Å². The molecule has 1 aromatic carbocycles. The number of methoxy groups -OCH3 is 1. The van der Waals surface area contributed by atoms with Gasteiger partial charge in [0.15, 0.2) is 0 Å². The van der Waals surface area contributed by atoms with Crippen LogP contribution in [0.15, 0.2) is 35.9 Å². The quantitative estimate of drug-likeness (QED) is 0.331. The van der Waals surface area contributed by atoms with Crippen molar-refractivity contribution in [3.8, 4) is 11.8 Å². The summed E-state index contributed by atoms with van der Waals surface area (Å²) < 4.78 is 5.79. The van der Waals surface area contributed by atoms with Gasteiger partial charge in [-0.3, -0.25) is 0 Å². The third kappa shape index (κ3) is 7.73. The molecule has 1 atom stereocenters. The minimum absolute atomic E-state index is 0.0875. The minimum atomic E-state index is 0.0875. The number of unbranched alkanes of at least 4 members (excludes halogenated alkanes) is 2. The van der Waals surface area contributed by atoms with Gasteiger partial charge in [0, 0.05) is 36.8 Å². The Labute approximate surface area is 197 Å². The SMILES string of the molecule is CCCCN(CCCC)c1ccc(/C=C/C2=CC(C)(CCC#N)CC(C)(C)C2)c(OC)c1. The molecule has 0 spiro atoms. The average molecular weight is 437 g/mol. The van der Waals surface area contributed by atoms with Crippen molar-refractivity contribution < 1.29 is 4.74 Å². The summed E-state index contributed by atoms with van der Waals surface area (Å²) in [6, 6.07) is 8.96. The molecule has 2 rings (SSSR count). The monoisotopic (exact) mass is 436 g/mol. The Balaban J connectivity index is 2.26. The molecular weight excluding hydrogens is 392 g/mol. The zero-order chi connectivity index (χ0) is 23.6. The molecule has 1 aromatic rings. The largest absolute Gasteiger partial charge is 0.496 e. The molecule has 3 nitrogen and oxygen atoms in total. The van der Waals surface area contributed by atoms with E-state index in [1.165, 1.54) is 36.9 Å². The molecule has 0 radical (unpaired) electrons. The van der Waals surface area contributed by atoms with Gasteiger partial charge in [-0.05, 0) is 55.1 Å². The number of benzene rings is 1. The molecule has 3 heteroatoms. The van der Waals surface area contributed by atoms with E-state index < -0.39 is 0 Å². The lowest BCUT2D eigenvalue weighted by Crippen LogP contribution is -2.29. The highest BCUT2D eigenvalue weighted by Gasteiger charge is 2.35. The molecule has 0 saturated carbocycles. The second-order valence-corrected chi connectivity index (χ2v) is 10.5. The fraction of sp³-hybridized carbons (Fsp3) is 0.621. The van der Waals surface area contributed by atoms with Gasteiger partial charge in [0.25, 0.3) is 0 Å². The summed E-state index contributed by atoms with van der Waals surface area (Å²) in [5.41, 5.74) is 4.06. The minimum Gasteiger partial charge on any atom is -0.496 e. The number of hydrogen-bond acceptors (Lipinski definition) is 3. The maximum atomic E-state index is 9.07. The fourth-order valence-corrected chi connectivity index (χ4v) is 5.17. The first-order valence-corrected chi connectivity index (χ1v) is 12.5. The van der Waals surface area contributed by atoms with E-state index in [1.54, 1.807) is 7.11 Å². The van der Waals surface area contributed by atoms with Gasteiger partial charge >= 0.3 is 0 Å². The highest BCUT2D eigenvalue weighted by molar-refractivity contribution is 5.65. The summed E-state index contributed by atoms with van der Waals surface area (Å²) in [4.78, 5) is 2.50. The normalized spacial score (nSPS) is 20.1. The number of hydrogen-bond donors (Lipinski definition) is 0. The molecule has 0 aliphatic heterocycles.